The topological polar surface area (TPSA) is 107 Å². The van der Waals surface area contributed by atoms with Gasteiger partial charge >= 0.3 is 5.97 Å². The van der Waals surface area contributed by atoms with Crippen LogP contribution in [0.2, 0.25) is 5.02 Å². The Morgan fingerprint density at radius 2 is 1.97 bits per heavy atom. The van der Waals surface area contributed by atoms with Crippen molar-refractivity contribution < 1.29 is 30.0 Å². The Balaban J connectivity index is 1.78. The van der Waals surface area contributed by atoms with E-state index in [1.807, 2.05) is 0 Å². The van der Waals surface area contributed by atoms with Crippen LogP contribution in [0.1, 0.15) is 51.9 Å². The number of benzene rings is 1. The number of halogens is 1. The number of unbranched alkanes of at least 4 members (excludes halogenated alkanes) is 3. The number of aliphatic hydroxyl groups excluding tert-OH is 2. The van der Waals surface area contributed by atoms with Gasteiger partial charge in [-0.05, 0) is 43.9 Å². The molecule has 0 aromatic heterocycles. The van der Waals surface area contributed by atoms with Gasteiger partial charge in [0, 0.05) is 28.9 Å². The Labute approximate surface area is 187 Å². The molecule has 170 valence electrons. The Bertz CT molecular complexity index is 671. The Hall–Kier alpha value is -0.990. The average Bonchev–Trinajstić information content (AvgIpc) is 2.94. The average molecular weight is 461 g/mol. The fraction of sp³-hybridized carbons (Fsp3) is 0.682. The number of carboxylic acids is 1. The second kappa shape index (κ2) is 12.2. The third kappa shape index (κ3) is 8.63. The van der Waals surface area contributed by atoms with Crippen molar-refractivity contribution in [1.82, 2.24) is 0 Å². The maximum Gasteiger partial charge on any atom is 0.303 e. The van der Waals surface area contributed by atoms with Crippen LogP contribution in [-0.4, -0.2) is 61.8 Å². The lowest BCUT2D eigenvalue weighted by atomic mass is 9.97. The molecular weight excluding hydrogens is 428 g/mol. The van der Waals surface area contributed by atoms with Gasteiger partial charge < -0.3 is 25.2 Å². The van der Waals surface area contributed by atoms with Gasteiger partial charge in [-0.15, -0.1) is 0 Å². The van der Waals surface area contributed by atoms with E-state index in [1.165, 1.54) is 11.8 Å². The van der Waals surface area contributed by atoms with E-state index in [-0.39, 0.29) is 24.2 Å². The summed E-state index contributed by atoms with van der Waals surface area (Å²) in [6.07, 6.45) is 3.48. The summed E-state index contributed by atoms with van der Waals surface area (Å²) >= 11 is 7.42. The number of aliphatic hydroxyl groups is 3. The van der Waals surface area contributed by atoms with Crippen molar-refractivity contribution in [1.29, 1.82) is 0 Å². The van der Waals surface area contributed by atoms with Gasteiger partial charge in [-0.1, -0.05) is 36.9 Å². The van der Waals surface area contributed by atoms with E-state index in [1.54, 1.807) is 31.2 Å². The SMILES string of the molecule is CC(O)(COc1cccc(Cl)c1)CS[C@H]1C(O)CC(O)[C@@H]1CCCCCCC(=O)O. The maximum absolute atomic E-state index is 10.7. The van der Waals surface area contributed by atoms with E-state index in [2.05, 4.69) is 0 Å². The van der Waals surface area contributed by atoms with Crippen LogP contribution in [0.25, 0.3) is 0 Å². The molecule has 0 radical (unpaired) electrons. The summed E-state index contributed by atoms with van der Waals surface area (Å²) in [7, 11) is 0. The molecule has 0 amide bonds. The largest absolute Gasteiger partial charge is 0.491 e. The lowest BCUT2D eigenvalue weighted by molar-refractivity contribution is -0.137. The number of ether oxygens (including phenoxy) is 1. The first-order valence-corrected chi connectivity index (χ1v) is 11.9. The van der Waals surface area contributed by atoms with Crippen molar-refractivity contribution in [2.24, 2.45) is 5.92 Å². The molecule has 0 aliphatic heterocycles. The summed E-state index contributed by atoms with van der Waals surface area (Å²) in [6, 6.07) is 7.00. The first-order chi connectivity index (χ1) is 14.2. The zero-order chi connectivity index (χ0) is 22.1. The highest BCUT2D eigenvalue weighted by atomic mass is 35.5. The smallest absolute Gasteiger partial charge is 0.303 e. The van der Waals surface area contributed by atoms with Gasteiger partial charge in [-0.2, -0.15) is 11.8 Å². The van der Waals surface area contributed by atoms with E-state index < -0.39 is 23.8 Å². The van der Waals surface area contributed by atoms with Crippen molar-refractivity contribution in [3.8, 4) is 5.75 Å². The second-order valence-electron chi connectivity index (χ2n) is 8.40. The number of hydrogen-bond donors (Lipinski definition) is 4. The predicted molar refractivity (Wildman–Crippen MR) is 119 cm³/mol. The van der Waals surface area contributed by atoms with Crippen LogP contribution in [-0.2, 0) is 4.79 Å². The molecular formula is C22H33ClO6S. The number of rotatable bonds is 13. The molecule has 0 heterocycles. The molecule has 3 unspecified atom stereocenters. The monoisotopic (exact) mass is 460 g/mol. The molecule has 0 spiro atoms. The third-order valence-corrected chi connectivity index (χ3v) is 7.46. The highest BCUT2D eigenvalue weighted by Crippen LogP contribution is 2.40. The van der Waals surface area contributed by atoms with E-state index in [0.717, 1.165) is 25.7 Å². The molecule has 1 aliphatic carbocycles. The molecule has 1 fully saturated rings. The Morgan fingerprint density at radius 1 is 1.23 bits per heavy atom. The minimum absolute atomic E-state index is 0.0332. The van der Waals surface area contributed by atoms with Crippen LogP contribution in [0.15, 0.2) is 24.3 Å². The number of aliphatic carboxylic acids is 1. The molecule has 8 heteroatoms. The summed E-state index contributed by atoms with van der Waals surface area (Å²) in [5, 5.41) is 40.6. The van der Waals surface area contributed by atoms with E-state index >= 15 is 0 Å². The molecule has 4 N–H and O–H groups in total. The van der Waals surface area contributed by atoms with Gasteiger partial charge in [0.2, 0.25) is 0 Å². The van der Waals surface area contributed by atoms with Crippen LogP contribution in [0.3, 0.4) is 0 Å². The first kappa shape index (κ1) is 25.3. The van der Waals surface area contributed by atoms with E-state index in [0.29, 0.717) is 29.4 Å². The summed E-state index contributed by atoms with van der Waals surface area (Å²) in [5.74, 6) is 0.156. The van der Waals surface area contributed by atoms with Crippen molar-refractivity contribution in [3.63, 3.8) is 0 Å². The zero-order valence-corrected chi connectivity index (χ0v) is 18.9. The third-order valence-electron chi connectivity index (χ3n) is 5.39. The fourth-order valence-corrected chi connectivity index (χ4v) is 5.49. The van der Waals surface area contributed by atoms with Crippen molar-refractivity contribution in [2.45, 2.75) is 74.9 Å². The molecule has 1 aliphatic rings. The van der Waals surface area contributed by atoms with Crippen LogP contribution in [0.4, 0.5) is 0 Å². The van der Waals surface area contributed by atoms with Gasteiger partial charge in [0.1, 0.15) is 18.0 Å². The lowest BCUT2D eigenvalue weighted by Gasteiger charge is -2.28. The van der Waals surface area contributed by atoms with Gasteiger partial charge in [-0.3, -0.25) is 4.79 Å². The normalized spacial score (nSPS) is 25.8. The molecule has 0 bridgehead atoms. The number of hydrogen-bond acceptors (Lipinski definition) is 6. The van der Waals surface area contributed by atoms with Gasteiger partial charge in [-0.25, -0.2) is 0 Å². The summed E-state index contributed by atoms with van der Waals surface area (Å²) < 4.78 is 5.66. The van der Waals surface area contributed by atoms with E-state index in [9.17, 15) is 20.1 Å². The number of carboxylic acid groups (broad SMARTS) is 1. The summed E-state index contributed by atoms with van der Waals surface area (Å²) in [6.45, 7) is 1.79. The van der Waals surface area contributed by atoms with Gasteiger partial charge in [0.25, 0.3) is 0 Å². The lowest BCUT2D eigenvalue weighted by Crippen LogP contribution is -2.37. The zero-order valence-electron chi connectivity index (χ0n) is 17.4. The minimum atomic E-state index is -1.10. The van der Waals surface area contributed by atoms with Crippen molar-refractivity contribution >= 4 is 29.3 Å². The standard InChI is InChI=1S/C22H33ClO6S/c1-22(28,13-29-16-8-6-7-15(23)11-16)14-30-21-17(18(24)12-19(21)25)9-4-2-3-5-10-20(26)27/h6-8,11,17-19,21,24-25,28H,2-5,9-10,12-14H2,1H3,(H,26,27)/t17-,18?,19?,21+,22?/m0/s1. The quantitative estimate of drug-likeness (QED) is 0.332. The van der Waals surface area contributed by atoms with Crippen LogP contribution in [0.5, 0.6) is 5.75 Å². The highest BCUT2D eigenvalue weighted by molar-refractivity contribution is 8.00. The van der Waals surface area contributed by atoms with Crippen molar-refractivity contribution in [3.05, 3.63) is 29.3 Å². The predicted octanol–water partition coefficient (Wildman–Crippen LogP) is 3.74. The Kier molecular flexibility index (Phi) is 10.2. The molecule has 1 saturated carbocycles. The van der Waals surface area contributed by atoms with Crippen LogP contribution in [0, 0.1) is 5.92 Å². The second-order valence-corrected chi connectivity index (χ2v) is 10.0. The Morgan fingerprint density at radius 3 is 2.67 bits per heavy atom. The van der Waals surface area contributed by atoms with E-state index in [4.69, 9.17) is 21.4 Å². The molecule has 0 saturated heterocycles. The maximum atomic E-state index is 10.7. The fourth-order valence-electron chi connectivity index (χ4n) is 3.77. The summed E-state index contributed by atoms with van der Waals surface area (Å²) in [4.78, 5) is 10.6. The van der Waals surface area contributed by atoms with Gasteiger partial charge in [0.15, 0.2) is 0 Å². The minimum Gasteiger partial charge on any atom is -0.491 e. The molecule has 30 heavy (non-hydrogen) atoms. The van der Waals surface area contributed by atoms with Crippen molar-refractivity contribution in [2.75, 3.05) is 12.4 Å². The molecule has 6 nitrogen and oxygen atoms in total. The van der Waals surface area contributed by atoms with Crippen LogP contribution < -0.4 is 4.74 Å². The van der Waals surface area contributed by atoms with Gasteiger partial charge in [0.05, 0.1) is 12.2 Å². The highest BCUT2D eigenvalue weighted by Gasteiger charge is 2.42. The molecule has 5 atom stereocenters. The summed E-state index contributed by atoms with van der Waals surface area (Å²) in [5.41, 5.74) is -1.10. The number of thioether (sulfide) groups is 1. The first-order valence-electron chi connectivity index (χ1n) is 10.5. The molecule has 1 aromatic carbocycles. The molecule has 1 aromatic rings. The van der Waals surface area contributed by atoms with Crippen LogP contribution >= 0.6 is 23.4 Å². The number of carbonyl (C=O) groups is 1. The molecule has 2 rings (SSSR count).